The summed E-state index contributed by atoms with van der Waals surface area (Å²) in [6.07, 6.45) is 0. The number of carbonyl (C=O) groups is 1. The molecule has 10 heteroatoms. The number of rotatable bonds is 4. The second kappa shape index (κ2) is 5.88. The summed E-state index contributed by atoms with van der Waals surface area (Å²) in [5.41, 5.74) is -2.37. The van der Waals surface area contributed by atoms with Gasteiger partial charge in [-0.3, -0.25) is 4.72 Å². The maximum Gasteiger partial charge on any atom is 0.341 e. The van der Waals surface area contributed by atoms with Gasteiger partial charge in [-0.1, -0.05) is 6.07 Å². The molecule has 2 N–H and O–H groups in total. The van der Waals surface area contributed by atoms with E-state index in [0.717, 1.165) is 6.07 Å². The minimum atomic E-state index is -4.91. The van der Waals surface area contributed by atoms with Gasteiger partial charge in [0.2, 0.25) is 0 Å². The fourth-order valence-corrected chi connectivity index (χ4v) is 2.96. The number of nitrogens with one attached hydrogen (secondary N) is 1. The highest BCUT2D eigenvalue weighted by molar-refractivity contribution is 7.92. The summed E-state index contributed by atoms with van der Waals surface area (Å²) in [5.74, 6) is -8.00. The first-order chi connectivity index (χ1) is 10.6. The summed E-state index contributed by atoms with van der Waals surface area (Å²) in [6, 6.07) is 3.35. The van der Waals surface area contributed by atoms with Gasteiger partial charge in [0.1, 0.15) is 23.0 Å². The standard InChI is InChI=1S/C13H7F4NO4S/c14-6-4-5-9(11(17)10(6)13(19)20)18-23(21,22)12-7(15)2-1-3-8(12)16/h1-5,18H,(H,19,20). The Morgan fingerprint density at radius 1 is 0.957 bits per heavy atom. The molecular weight excluding hydrogens is 342 g/mol. The van der Waals surface area contributed by atoms with Gasteiger partial charge in [0.15, 0.2) is 10.7 Å². The van der Waals surface area contributed by atoms with Crippen LogP contribution in [0.3, 0.4) is 0 Å². The minimum Gasteiger partial charge on any atom is -0.477 e. The summed E-state index contributed by atoms with van der Waals surface area (Å²) >= 11 is 0. The molecule has 0 heterocycles. The molecule has 0 aromatic heterocycles. The zero-order valence-corrected chi connectivity index (χ0v) is 11.8. The first kappa shape index (κ1) is 16.7. The second-order valence-electron chi connectivity index (χ2n) is 4.25. The van der Waals surface area contributed by atoms with Crippen molar-refractivity contribution in [1.29, 1.82) is 0 Å². The molecule has 0 amide bonds. The minimum absolute atomic E-state index is 0.502. The molecule has 2 aromatic carbocycles. The predicted molar refractivity (Wildman–Crippen MR) is 70.5 cm³/mol. The van der Waals surface area contributed by atoms with Gasteiger partial charge in [0.25, 0.3) is 10.0 Å². The summed E-state index contributed by atoms with van der Waals surface area (Å²) in [5, 5.41) is 8.70. The van der Waals surface area contributed by atoms with Crippen molar-refractivity contribution in [3.63, 3.8) is 0 Å². The van der Waals surface area contributed by atoms with Crippen LogP contribution < -0.4 is 4.72 Å². The lowest BCUT2D eigenvalue weighted by Crippen LogP contribution is -2.18. The molecule has 0 aliphatic heterocycles. The zero-order valence-electron chi connectivity index (χ0n) is 11.0. The number of anilines is 1. The van der Waals surface area contributed by atoms with E-state index in [1.165, 1.54) is 4.72 Å². The largest absolute Gasteiger partial charge is 0.477 e. The molecule has 0 unspecified atom stereocenters. The highest BCUT2D eigenvalue weighted by Gasteiger charge is 2.27. The Balaban J connectivity index is 2.55. The van der Waals surface area contributed by atoms with Crippen LogP contribution in [0.4, 0.5) is 23.2 Å². The molecule has 0 saturated heterocycles. The Labute approximate surface area is 127 Å². The molecule has 0 saturated carbocycles. The first-order valence-corrected chi connectivity index (χ1v) is 7.31. The van der Waals surface area contributed by atoms with Crippen LogP contribution in [-0.2, 0) is 10.0 Å². The molecule has 0 aliphatic rings. The van der Waals surface area contributed by atoms with Gasteiger partial charge in [-0.15, -0.1) is 0 Å². The van der Waals surface area contributed by atoms with Crippen molar-refractivity contribution >= 4 is 21.7 Å². The third kappa shape index (κ3) is 3.11. The van der Waals surface area contributed by atoms with E-state index >= 15 is 0 Å². The van der Waals surface area contributed by atoms with E-state index in [0.29, 0.717) is 24.3 Å². The monoisotopic (exact) mass is 349 g/mol. The summed E-state index contributed by atoms with van der Waals surface area (Å²) < 4.78 is 79.6. The van der Waals surface area contributed by atoms with Crippen molar-refractivity contribution in [2.24, 2.45) is 0 Å². The number of aromatic carboxylic acids is 1. The van der Waals surface area contributed by atoms with Gasteiger partial charge in [0.05, 0.1) is 5.69 Å². The lowest BCUT2D eigenvalue weighted by atomic mass is 10.2. The smallest absolute Gasteiger partial charge is 0.341 e. The van der Waals surface area contributed by atoms with Crippen molar-refractivity contribution in [3.8, 4) is 0 Å². The van der Waals surface area contributed by atoms with Crippen molar-refractivity contribution in [3.05, 3.63) is 59.2 Å². The number of hydrogen-bond donors (Lipinski definition) is 2. The summed E-state index contributed by atoms with van der Waals surface area (Å²) in [4.78, 5) is 9.39. The van der Waals surface area contributed by atoms with Crippen LogP contribution in [0.5, 0.6) is 0 Å². The predicted octanol–water partition coefficient (Wildman–Crippen LogP) is 2.74. The number of carboxylic acids is 1. The Hall–Kier alpha value is -2.62. The highest BCUT2D eigenvalue weighted by Crippen LogP contribution is 2.26. The lowest BCUT2D eigenvalue weighted by Gasteiger charge is -2.11. The van der Waals surface area contributed by atoms with Gasteiger partial charge in [-0.05, 0) is 24.3 Å². The van der Waals surface area contributed by atoms with Crippen LogP contribution in [0.25, 0.3) is 0 Å². The number of carboxylic acid groups (broad SMARTS) is 1. The Morgan fingerprint density at radius 2 is 1.52 bits per heavy atom. The maximum absolute atomic E-state index is 13.9. The second-order valence-corrected chi connectivity index (χ2v) is 5.86. The summed E-state index contributed by atoms with van der Waals surface area (Å²) in [7, 11) is -4.91. The van der Waals surface area contributed by atoms with Crippen molar-refractivity contribution in [2.75, 3.05) is 4.72 Å². The molecule has 0 atom stereocenters. The number of benzene rings is 2. The van der Waals surface area contributed by atoms with Gasteiger partial charge in [0, 0.05) is 0 Å². The SMILES string of the molecule is O=C(O)c1c(F)ccc(NS(=O)(=O)c2c(F)cccc2F)c1F. The molecule has 5 nitrogen and oxygen atoms in total. The molecule has 0 radical (unpaired) electrons. The molecule has 0 bridgehead atoms. The zero-order chi connectivity index (χ0) is 17.4. The lowest BCUT2D eigenvalue weighted by molar-refractivity contribution is 0.0686. The third-order valence-corrected chi connectivity index (χ3v) is 4.15. The van der Waals surface area contributed by atoms with Crippen LogP contribution in [0, 0.1) is 23.3 Å². The van der Waals surface area contributed by atoms with Gasteiger partial charge in [-0.2, -0.15) is 0 Å². The first-order valence-electron chi connectivity index (χ1n) is 5.83. The van der Waals surface area contributed by atoms with Crippen LogP contribution in [0.1, 0.15) is 10.4 Å². The third-order valence-electron chi connectivity index (χ3n) is 2.74. The molecule has 23 heavy (non-hydrogen) atoms. The molecular formula is C13H7F4NO4S. The fourth-order valence-electron chi connectivity index (χ4n) is 1.76. The van der Waals surface area contributed by atoms with Crippen LogP contribution in [-0.4, -0.2) is 19.5 Å². The summed E-state index contributed by atoms with van der Waals surface area (Å²) in [6.45, 7) is 0. The van der Waals surface area contributed by atoms with E-state index in [1.807, 2.05) is 0 Å². The normalized spacial score (nSPS) is 11.3. The van der Waals surface area contributed by atoms with Crippen molar-refractivity contribution in [1.82, 2.24) is 0 Å². The Morgan fingerprint density at radius 3 is 2.04 bits per heavy atom. The average molecular weight is 349 g/mol. The number of sulfonamides is 1. The van der Waals surface area contributed by atoms with E-state index in [2.05, 4.69) is 0 Å². The van der Waals surface area contributed by atoms with Gasteiger partial charge in [-0.25, -0.2) is 30.8 Å². The van der Waals surface area contributed by atoms with E-state index in [1.54, 1.807) is 0 Å². The molecule has 2 aromatic rings. The van der Waals surface area contributed by atoms with Crippen LogP contribution in [0.2, 0.25) is 0 Å². The van der Waals surface area contributed by atoms with Crippen molar-refractivity contribution in [2.45, 2.75) is 4.90 Å². The topological polar surface area (TPSA) is 83.5 Å². The quantitative estimate of drug-likeness (QED) is 0.832. The molecule has 2 rings (SSSR count). The molecule has 0 aliphatic carbocycles. The Kier molecular flexibility index (Phi) is 4.28. The number of hydrogen-bond acceptors (Lipinski definition) is 3. The van der Waals surface area contributed by atoms with E-state index in [-0.39, 0.29) is 0 Å². The van der Waals surface area contributed by atoms with Crippen LogP contribution in [0.15, 0.2) is 35.2 Å². The van der Waals surface area contributed by atoms with E-state index in [4.69, 9.17) is 5.11 Å². The molecule has 0 fully saturated rings. The number of halogens is 4. The van der Waals surface area contributed by atoms with Gasteiger partial charge < -0.3 is 5.11 Å². The average Bonchev–Trinajstić information content (AvgIpc) is 2.41. The van der Waals surface area contributed by atoms with E-state index in [9.17, 15) is 30.8 Å². The van der Waals surface area contributed by atoms with Crippen LogP contribution >= 0.6 is 0 Å². The van der Waals surface area contributed by atoms with E-state index < -0.39 is 55.4 Å². The van der Waals surface area contributed by atoms with Gasteiger partial charge >= 0.3 is 5.97 Å². The molecule has 0 spiro atoms. The van der Waals surface area contributed by atoms with Crippen molar-refractivity contribution < 1.29 is 35.9 Å². The maximum atomic E-state index is 13.9. The highest BCUT2D eigenvalue weighted by atomic mass is 32.2. The molecule has 122 valence electrons. The Bertz CT molecular complexity index is 879. The fraction of sp³-hybridized carbons (Fsp3) is 0.